The largest absolute Gasteiger partial charge is 0.346 e. The first-order chi connectivity index (χ1) is 11.9. The van der Waals surface area contributed by atoms with E-state index >= 15 is 0 Å². The highest BCUT2D eigenvalue weighted by atomic mass is 32.1. The maximum atomic E-state index is 13.2. The molecule has 0 saturated heterocycles. The molecule has 6 heteroatoms. The van der Waals surface area contributed by atoms with E-state index < -0.39 is 5.54 Å². The molecule has 1 aromatic rings. The average molecular weight is 357 g/mol. The van der Waals surface area contributed by atoms with Crippen LogP contribution in [0.3, 0.4) is 0 Å². The maximum absolute atomic E-state index is 13.2. The minimum Gasteiger partial charge on any atom is -0.346 e. The summed E-state index contributed by atoms with van der Waals surface area (Å²) >= 11 is 1.64. The molecule has 2 aliphatic rings. The Balaban J connectivity index is 1.86. The van der Waals surface area contributed by atoms with Crippen molar-refractivity contribution >= 4 is 29.0 Å². The van der Waals surface area contributed by atoms with Crippen LogP contribution in [0.15, 0.2) is 46.4 Å². The van der Waals surface area contributed by atoms with Crippen LogP contribution in [-0.4, -0.2) is 28.1 Å². The van der Waals surface area contributed by atoms with Gasteiger partial charge in [-0.2, -0.15) is 4.99 Å². The summed E-state index contributed by atoms with van der Waals surface area (Å²) in [4.78, 5) is 32.4. The summed E-state index contributed by atoms with van der Waals surface area (Å²) in [7, 11) is 0. The van der Waals surface area contributed by atoms with Crippen LogP contribution in [0, 0.1) is 0 Å². The Kier molecular flexibility index (Phi) is 4.90. The Morgan fingerprint density at radius 2 is 2.32 bits per heavy atom. The summed E-state index contributed by atoms with van der Waals surface area (Å²) in [5, 5.41) is 5.18. The summed E-state index contributed by atoms with van der Waals surface area (Å²) in [5.74, 6) is 0.140. The number of amidine groups is 1. The Hall–Kier alpha value is -2.21. The lowest BCUT2D eigenvalue weighted by molar-refractivity contribution is -0.135. The van der Waals surface area contributed by atoms with Crippen molar-refractivity contribution in [3.8, 4) is 0 Å². The number of nitrogens with zero attached hydrogens (tertiary/aromatic N) is 2. The first kappa shape index (κ1) is 17.6. The van der Waals surface area contributed by atoms with Crippen molar-refractivity contribution in [1.29, 1.82) is 0 Å². The second-order valence-corrected chi connectivity index (χ2v) is 7.70. The van der Waals surface area contributed by atoms with Crippen LogP contribution in [0.4, 0.5) is 0 Å². The minimum absolute atomic E-state index is 0.0298. The number of rotatable bonds is 5. The van der Waals surface area contributed by atoms with Gasteiger partial charge in [0, 0.05) is 11.1 Å². The molecule has 0 spiro atoms. The quantitative estimate of drug-likeness (QED) is 0.876. The third kappa shape index (κ3) is 3.44. The number of carbonyl (C=O) groups excluding carboxylic acids is 2. The summed E-state index contributed by atoms with van der Waals surface area (Å²) in [6, 6.07) is 4.00. The second-order valence-electron chi connectivity index (χ2n) is 6.72. The Morgan fingerprint density at radius 3 is 3.00 bits per heavy atom. The number of thiophene rings is 1. The molecule has 1 aromatic heterocycles. The molecule has 0 aromatic carbocycles. The molecule has 1 N–H and O–H groups in total. The van der Waals surface area contributed by atoms with Gasteiger partial charge < -0.3 is 10.2 Å². The number of fused-ring (bicyclic) bond motifs is 1. The minimum atomic E-state index is -0.967. The van der Waals surface area contributed by atoms with Gasteiger partial charge in [0.25, 0.3) is 5.91 Å². The lowest BCUT2D eigenvalue weighted by Crippen LogP contribution is -2.60. The van der Waals surface area contributed by atoms with Gasteiger partial charge in [0.05, 0.1) is 12.5 Å². The molecule has 2 aliphatic heterocycles. The molecule has 5 nitrogen and oxygen atoms in total. The fourth-order valence-electron chi connectivity index (χ4n) is 3.21. The predicted octanol–water partition coefficient (Wildman–Crippen LogP) is 3.57. The summed E-state index contributed by atoms with van der Waals surface area (Å²) in [6.07, 6.45) is 7.53. The SMILES string of the molecule is CCC[C@H](NC(=O)[C@]1(C)CC(=O)N=C2C=C(C)C=CN21)c1cccs1. The smallest absolute Gasteiger partial charge is 0.250 e. The Labute approximate surface area is 152 Å². The monoisotopic (exact) mass is 357 g/mol. The lowest BCUT2D eigenvalue weighted by atomic mass is 9.90. The molecule has 25 heavy (non-hydrogen) atoms. The molecule has 2 atom stereocenters. The maximum Gasteiger partial charge on any atom is 0.250 e. The van der Waals surface area contributed by atoms with Crippen molar-refractivity contribution in [2.75, 3.05) is 0 Å². The summed E-state index contributed by atoms with van der Waals surface area (Å²) < 4.78 is 0. The number of carbonyl (C=O) groups is 2. The van der Waals surface area contributed by atoms with Crippen LogP contribution in [0.5, 0.6) is 0 Å². The van der Waals surface area contributed by atoms with Gasteiger partial charge in [0.15, 0.2) is 0 Å². The average Bonchev–Trinajstić information content (AvgIpc) is 3.07. The van der Waals surface area contributed by atoms with Gasteiger partial charge in [-0.05, 0) is 49.4 Å². The van der Waals surface area contributed by atoms with Crippen molar-refractivity contribution in [1.82, 2.24) is 10.2 Å². The van der Waals surface area contributed by atoms with Crippen LogP contribution >= 0.6 is 11.3 Å². The van der Waals surface area contributed by atoms with Crippen molar-refractivity contribution in [3.05, 3.63) is 46.3 Å². The van der Waals surface area contributed by atoms with E-state index in [-0.39, 0.29) is 24.3 Å². The number of aliphatic imine (C=N–C) groups is 1. The van der Waals surface area contributed by atoms with E-state index in [0.717, 1.165) is 23.3 Å². The standard InChI is InChI=1S/C19H23N3O2S/c1-4-6-14(15-7-5-10-25-15)20-18(24)19(3)12-17(23)21-16-11-13(2)8-9-22(16)19/h5,7-11,14H,4,6,12H2,1-3H3,(H,20,24)/t14-,19-/m0/s1. The zero-order chi connectivity index (χ0) is 18.0. The first-order valence-electron chi connectivity index (χ1n) is 8.56. The van der Waals surface area contributed by atoms with Crippen LogP contribution < -0.4 is 5.32 Å². The number of allylic oxidation sites excluding steroid dienone is 2. The number of amides is 2. The lowest BCUT2D eigenvalue weighted by Gasteiger charge is -2.42. The van der Waals surface area contributed by atoms with E-state index in [0.29, 0.717) is 5.84 Å². The molecule has 0 aliphatic carbocycles. The summed E-state index contributed by atoms with van der Waals surface area (Å²) in [6.45, 7) is 5.86. The zero-order valence-electron chi connectivity index (χ0n) is 14.8. The molecule has 0 unspecified atom stereocenters. The van der Waals surface area contributed by atoms with E-state index in [1.165, 1.54) is 0 Å². The van der Waals surface area contributed by atoms with Gasteiger partial charge in [0.2, 0.25) is 5.91 Å². The molecule has 3 heterocycles. The number of hydrogen-bond acceptors (Lipinski definition) is 4. The van der Waals surface area contributed by atoms with E-state index in [1.807, 2.05) is 54.6 Å². The highest BCUT2D eigenvalue weighted by Crippen LogP contribution is 2.31. The molecular weight excluding hydrogens is 334 g/mol. The Morgan fingerprint density at radius 1 is 1.52 bits per heavy atom. The van der Waals surface area contributed by atoms with Crippen LogP contribution in [-0.2, 0) is 9.59 Å². The molecule has 2 amide bonds. The summed E-state index contributed by atoms with van der Waals surface area (Å²) in [5.41, 5.74) is 0.0420. The van der Waals surface area contributed by atoms with Crippen molar-refractivity contribution < 1.29 is 9.59 Å². The van der Waals surface area contributed by atoms with Gasteiger partial charge in [-0.15, -0.1) is 11.3 Å². The molecule has 132 valence electrons. The molecule has 0 saturated carbocycles. The van der Waals surface area contributed by atoms with E-state index in [9.17, 15) is 9.59 Å². The normalized spacial score (nSPS) is 23.6. The highest BCUT2D eigenvalue weighted by Gasteiger charge is 2.45. The fraction of sp³-hybridized carbons (Fsp3) is 0.421. The van der Waals surface area contributed by atoms with E-state index in [1.54, 1.807) is 11.3 Å². The van der Waals surface area contributed by atoms with Gasteiger partial charge in [-0.3, -0.25) is 9.59 Å². The number of nitrogens with one attached hydrogen (secondary N) is 1. The topological polar surface area (TPSA) is 61.8 Å². The molecule has 0 bridgehead atoms. The van der Waals surface area contributed by atoms with Crippen molar-refractivity contribution in [2.45, 2.75) is 51.6 Å². The van der Waals surface area contributed by atoms with Crippen LogP contribution in [0.1, 0.15) is 51.0 Å². The fourth-order valence-corrected chi connectivity index (χ4v) is 4.02. The third-order valence-corrected chi connectivity index (χ3v) is 5.60. The van der Waals surface area contributed by atoms with Crippen LogP contribution in [0.2, 0.25) is 0 Å². The molecule has 0 fully saturated rings. The van der Waals surface area contributed by atoms with E-state index in [4.69, 9.17) is 0 Å². The van der Waals surface area contributed by atoms with Gasteiger partial charge in [-0.1, -0.05) is 19.4 Å². The van der Waals surface area contributed by atoms with Crippen LogP contribution in [0.25, 0.3) is 0 Å². The number of hydrogen-bond donors (Lipinski definition) is 1. The second kappa shape index (κ2) is 6.96. The molecule has 0 radical (unpaired) electrons. The van der Waals surface area contributed by atoms with Crippen molar-refractivity contribution in [2.24, 2.45) is 4.99 Å². The van der Waals surface area contributed by atoms with Gasteiger partial charge >= 0.3 is 0 Å². The van der Waals surface area contributed by atoms with E-state index in [2.05, 4.69) is 17.2 Å². The van der Waals surface area contributed by atoms with Gasteiger partial charge in [0.1, 0.15) is 11.4 Å². The molecular formula is C19H23N3O2S. The first-order valence-corrected chi connectivity index (χ1v) is 9.43. The molecule has 3 rings (SSSR count). The van der Waals surface area contributed by atoms with Gasteiger partial charge in [-0.25, -0.2) is 0 Å². The third-order valence-electron chi connectivity index (χ3n) is 4.61. The highest BCUT2D eigenvalue weighted by molar-refractivity contribution is 7.10. The predicted molar refractivity (Wildman–Crippen MR) is 100 cm³/mol. The Bertz CT molecular complexity index is 764. The zero-order valence-corrected chi connectivity index (χ0v) is 15.6. The van der Waals surface area contributed by atoms with Crippen molar-refractivity contribution in [3.63, 3.8) is 0 Å².